The molecule has 0 saturated carbocycles. The van der Waals surface area contributed by atoms with Gasteiger partial charge in [-0.25, -0.2) is 8.78 Å². The highest BCUT2D eigenvalue weighted by Crippen LogP contribution is 2.40. The summed E-state index contributed by atoms with van der Waals surface area (Å²) < 4.78 is 27.2. The second-order valence-corrected chi connectivity index (χ2v) is 4.50. The van der Waals surface area contributed by atoms with Gasteiger partial charge in [0.05, 0.1) is 0 Å². The van der Waals surface area contributed by atoms with Crippen molar-refractivity contribution < 1.29 is 8.78 Å². The third-order valence-corrected chi connectivity index (χ3v) is 3.14. The quantitative estimate of drug-likeness (QED) is 0.613. The zero-order chi connectivity index (χ0) is 11.1. The summed E-state index contributed by atoms with van der Waals surface area (Å²) in [6, 6.07) is 4.05. The maximum atomic E-state index is 13.6. The van der Waals surface area contributed by atoms with E-state index >= 15 is 0 Å². The van der Waals surface area contributed by atoms with E-state index in [4.69, 9.17) is 0 Å². The molecular weight excluding hydrogens is 194 g/mol. The number of allylic oxidation sites excluding steroid dienone is 2. The van der Waals surface area contributed by atoms with Gasteiger partial charge in [-0.05, 0) is 31.9 Å². The van der Waals surface area contributed by atoms with Crippen LogP contribution in [0.4, 0.5) is 8.78 Å². The molecule has 2 heteroatoms. The first kappa shape index (κ1) is 10.3. The van der Waals surface area contributed by atoms with Crippen LogP contribution in [0.3, 0.4) is 0 Å². The summed E-state index contributed by atoms with van der Waals surface area (Å²) in [7, 11) is 0. The van der Waals surface area contributed by atoms with E-state index in [2.05, 4.69) is 0 Å². The molecule has 0 aliphatic heterocycles. The summed E-state index contributed by atoms with van der Waals surface area (Å²) in [5.41, 5.74) is 0.946. The molecule has 0 radical (unpaired) electrons. The first-order valence-corrected chi connectivity index (χ1v) is 5.16. The number of hydrogen-bond donors (Lipinski definition) is 0. The van der Waals surface area contributed by atoms with Gasteiger partial charge in [0.1, 0.15) is 11.6 Å². The van der Waals surface area contributed by atoms with Crippen LogP contribution in [0.5, 0.6) is 0 Å². The summed E-state index contributed by atoms with van der Waals surface area (Å²) in [5, 5.41) is 0. The van der Waals surface area contributed by atoms with Crippen LogP contribution in [0.25, 0.3) is 0 Å². The third-order valence-electron chi connectivity index (χ3n) is 3.14. The SMILES string of the molecule is CC1=C[C@](C)(c2c(F)cccc2F)CC1. The predicted octanol–water partition coefficient (Wildman–Crippen LogP) is 3.96. The van der Waals surface area contributed by atoms with E-state index in [-0.39, 0.29) is 5.56 Å². The Labute approximate surface area is 88.6 Å². The molecule has 0 spiro atoms. The number of rotatable bonds is 1. The Bertz CT molecular complexity index is 400. The van der Waals surface area contributed by atoms with Crippen molar-refractivity contribution in [2.24, 2.45) is 0 Å². The van der Waals surface area contributed by atoms with E-state index < -0.39 is 17.0 Å². The average molecular weight is 208 g/mol. The molecule has 0 unspecified atom stereocenters. The Hall–Kier alpha value is -1.18. The highest BCUT2D eigenvalue weighted by atomic mass is 19.1. The van der Waals surface area contributed by atoms with Crippen LogP contribution in [0.15, 0.2) is 29.8 Å². The second-order valence-electron chi connectivity index (χ2n) is 4.50. The van der Waals surface area contributed by atoms with Gasteiger partial charge in [0.2, 0.25) is 0 Å². The second kappa shape index (κ2) is 3.44. The molecule has 1 aromatic rings. The van der Waals surface area contributed by atoms with E-state index in [1.807, 2.05) is 19.9 Å². The molecule has 1 atom stereocenters. The van der Waals surface area contributed by atoms with E-state index in [1.165, 1.54) is 23.8 Å². The fourth-order valence-corrected chi connectivity index (χ4v) is 2.39. The molecule has 0 amide bonds. The highest BCUT2D eigenvalue weighted by molar-refractivity contribution is 5.36. The minimum absolute atomic E-state index is 0.210. The van der Waals surface area contributed by atoms with Gasteiger partial charge in [-0.1, -0.05) is 24.6 Å². The van der Waals surface area contributed by atoms with Gasteiger partial charge < -0.3 is 0 Å². The zero-order valence-corrected chi connectivity index (χ0v) is 8.98. The Morgan fingerprint density at radius 2 is 1.80 bits per heavy atom. The summed E-state index contributed by atoms with van der Waals surface area (Å²) in [6.07, 6.45) is 3.69. The maximum Gasteiger partial charge on any atom is 0.130 e. The largest absolute Gasteiger partial charge is 0.207 e. The molecule has 2 rings (SSSR count). The van der Waals surface area contributed by atoms with Crippen molar-refractivity contribution in [1.29, 1.82) is 0 Å². The number of benzene rings is 1. The first-order chi connectivity index (χ1) is 7.03. The smallest absolute Gasteiger partial charge is 0.130 e. The van der Waals surface area contributed by atoms with Gasteiger partial charge in [0.25, 0.3) is 0 Å². The normalized spacial score (nSPS) is 25.5. The van der Waals surface area contributed by atoms with E-state index in [1.54, 1.807) is 0 Å². The van der Waals surface area contributed by atoms with Crippen molar-refractivity contribution in [2.45, 2.75) is 32.1 Å². The molecule has 0 saturated heterocycles. The average Bonchev–Trinajstić information content (AvgIpc) is 2.46. The van der Waals surface area contributed by atoms with Crippen LogP contribution >= 0.6 is 0 Å². The molecule has 0 heterocycles. The van der Waals surface area contributed by atoms with Crippen molar-refractivity contribution in [1.82, 2.24) is 0 Å². The summed E-state index contributed by atoms with van der Waals surface area (Å²) in [4.78, 5) is 0. The van der Waals surface area contributed by atoms with E-state index in [0.29, 0.717) is 0 Å². The fourth-order valence-electron chi connectivity index (χ4n) is 2.39. The summed E-state index contributed by atoms with van der Waals surface area (Å²) in [6.45, 7) is 3.90. The lowest BCUT2D eigenvalue weighted by atomic mass is 9.81. The van der Waals surface area contributed by atoms with Crippen LogP contribution < -0.4 is 0 Å². The number of hydrogen-bond acceptors (Lipinski definition) is 0. The van der Waals surface area contributed by atoms with Gasteiger partial charge in [-0.15, -0.1) is 0 Å². The summed E-state index contributed by atoms with van der Waals surface area (Å²) in [5.74, 6) is -0.882. The minimum Gasteiger partial charge on any atom is -0.207 e. The molecule has 0 N–H and O–H groups in total. The Kier molecular flexibility index (Phi) is 2.37. The molecule has 1 aliphatic rings. The molecular formula is C13H14F2. The van der Waals surface area contributed by atoms with Crippen LogP contribution in [-0.4, -0.2) is 0 Å². The molecule has 0 fully saturated rings. The van der Waals surface area contributed by atoms with E-state index in [9.17, 15) is 8.78 Å². The zero-order valence-electron chi connectivity index (χ0n) is 8.98. The molecule has 0 aromatic heterocycles. The molecule has 0 bridgehead atoms. The fraction of sp³-hybridized carbons (Fsp3) is 0.385. The minimum atomic E-state index is -0.473. The summed E-state index contributed by atoms with van der Waals surface area (Å²) >= 11 is 0. The van der Waals surface area contributed by atoms with Gasteiger partial charge in [-0.2, -0.15) is 0 Å². The van der Waals surface area contributed by atoms with Crippen LogP contribution in [-0.2, 0) is 5.41 Å². The molecule has 1 aliphatic carbocycles. The van der Waals surface area contributed by atoms with Crippen molar-refractivity contribution >= 4 is 0 Å². The van der Waals surface area contributed by atoms with E-state index in [0.717, 1.165) is 12.8 Å². The molecule has 1 aromatic carbocycles. The third kappa shape index (κ3) is 1.69. The number of halogens is 2. The van der Waals surface area contributed by atoms with Crippen molar-refractivity contribution in [2.75, 3.05) is 0 Å². The van der Waals surface area contributed by atoms with Crippen molar-refractivity contribution in [3.63, 3.8) is 0 Å². The lowest BCUT2D eigenvalue weighted by Gasteiger charge is -2.23. The monoisotopic (exact) mass is 208 g/mol. The van der Waals surface area contributed by atoms with Gasteiger partial charge in [0.15, 0.2) is 0 Å². The Balaban J connectivity index is 2.55. The Morgan fingerprint density at radius 3 is 2.27 bits per heavy atom. The van der Waals surface area contributed by atoms with Crippen LogP contribution in [0, 0.1) is 11.6 Å². The van der Waals surface area contributed by atoms with Crippen LogP contribution in [0.2, 0.25) is 0 Å². The van der Waals surface area contributed by atoms with Gasteiger partial charge in [0, 0.05) is 11.0 Å². The van der Waals surface area contributed by atoms with Crippen molar-refractivity contribution in [3.8, 4) is 0 Å². The first-order valence-electron chi connectivity index (χ1n) is 5.16. The molecule has 0 nitrogen and oxygen atoms in total. The lowest BCUT2D eigenvalue weighted by Crippen LogP contribution is -2.19. The predicted molar refractivity (Wildman–Crippen MR) is 56.7 cm³/mol. The molecule has 15 heavy (non-hydrogen) atoms. The van der Waals surface area contributed by atoms with Crippen LogP contribution in [0.1, 0.15) is 32.3 Å². The lowest BCUT2D eigenvalue weighted by molar-refractivity contribution is 0.475. The molecule has 80 valence electrons. The van der Waals surface area contributed by atoms with Gasteiger partial charge >= 0.3 is 0 Å². The van der Waals surface area contributed by atoms with Crippen molar-refractivity contribution in [3.05, 3.63) is 47.0 Å². The maximum absolute atomic E-state index is 13.6. The topological polar surface area (TPSA) is 0 Å². The van der Waals surface area contributed by atoms with Gasteiger partial charge in [-0.3, -0.25) is 0 Å². The standard InChI is InChI=1S/C13H14F2/c1-9-6-7-13(2,8-9)12-10(14)4-3-5-11(12)15/h3-5,8H,6-7H2,1-2H3/t13-/m1/s1. The highest BCUT2D eigenvalue weighted by Gasteiger charge is 2.33. The Morgan fingerprint density at radius 1 is 1.20 bits per heavy atom.